The predicted molar refractivity (Wildman–Crippen MR) is 78.3 cm³/mol. The summed E-state index contributed by atoms with van der Waals surface area (Å²) < 4.78 is 0. The zero-order chi connectivity index (χ0) is 12.3. The van der Waals surface area contributed by atoms with Crippen LogP contribution in [0.3, 0.4) is 0 Å². The molecule has 2 nitrogen and oxygen atoms in total. The van der Waals surface area contributed by atoms with Crippen molar-refractivity contribution in [1.82, 2.24) is 5.43 Å². The first-order chi connectivity index (χ1) is 8.20. The molecule has 0 aromatic carbocycles. The van der Waals surface area contributed by atoms with E-state index in [-0.39, 0.29) is 6.04 Å². The molecule has 3 N–H and O–H groups in total. The number of hydrazine groups is 1. The normalized spacial score (nSPS) is 16.6. The Morgan fingerprint density at radius 1 is 1.65 bits per heavy atom. The number of thiophene rings is 1. The zero-order valence-electron chi connectivity index (χ0n) is 10.3. The molecule has 4 heteroatoms. The average Bonchev–Trinajstić information content (AvgIpc) is 2.72. The summed E-state index contributed by atoms with van der Waals surface area (Å²) in [6.07, 6.45) is 3.30. The van der Waals surface area contributed by atoms with Gasteiger partial charge in [-0.15, -0.1) is 17.9 Å². The first kappa shape index (κ1) is 13.1. The van der Waals surface area contributed by atoms with Crippen molar-refractivity contribution in [2.45, 2.75) is 38.0 Å². The van der Waals surface area contributed by atoms with E-state index in [0.717, 1.165) is 12.8 Å². The van der Waals surface area contributed by atoms with Crippen LogP contribution in [0, 0.1) is 0 Å². The van der Waals surface area contributed by atoms with Crippen molar-refractivity contribution in [2.24, 2.45) is 5.84 Å². The predicted octanol–water partition coefficient (Wildman–Crippen LogP) is 3.40. The Labute approximate surface area is 112 Å². The third-order valence-electron chi connectivity index (χ3n) is 3.05. The van der Waals surface area contributed by atoms with Gasteiger partial charge in [0.2, 0.25) is 0 Å². The fourth-order valence-electron chi connectivity index (χ4n) is 2.04. The number of nitrogens with one attached hydrogen (secondary N) is 1. The highest BCUT2D eigenvalue weighted by Gasteiger charge is 2.18. The van der Waals surface area contributed by atoms with Crippen LogP contribution >= 0.6 is 23.1 Å². The van der Waals surface area contributed by atoms with Gasteiger partial charge in [0, 0.05) is 15.5 Å². The summed E-state index contributed by atoms with van der Waals surface area (Å²) in [5, 5.41) is 0. The molecule has 0 fully saturated rings. The minimum absolute atomic E-state index is 0.285. The van der Waals surface area contributed by atoms with Gasteiger partial charge in [0.1, 0.15) is 0 Å². The molecule has 1 aliphatic heterocycles. The van der Waals surface area contributed by atoms with Crippen LogP contribution < -0.4 is 11.3 Å². The summed E-state index contributed by atoms with van der Waals surface area (Å²) in [5.74, 6) is 8.10. The van der Waals surface area contributed by atoms with Crippen molar-refractivity contribution < 1.29 is 0 Å². The van der Waals surface area contributed by atoms with Gasteiger partial charge in [-0.05, 0) is 43.6 Å². The molecule has 1 aromatic heterocycles. The number of aryl methyl sites for hydroxylation is 1. The maximum Gasteiger partial charge on any atom is 0.0556 e. The van der Waals surface area contributed by atoms with Gasteiger partial charge in [0.15, 0.2) is 0 Å². The van der Waals surface area contributed by atoms with Crippen molar-refractivity contribution in [1.29, 1.82) is 0 Å². The molecule has 0 saturated heterocycles. The van der Waals surface area contributed by atoms with Gasteiger partial charge < -0.3 is 0 Å². The molecule has 2 rings (SSSR count). The molecule has 0 aliphatic carbocycles. The Morgan fingerprint density at radius 3 is 3.12 bits per heavy atom. The Bertz CT molecular complexity index is 375. The molecular weight excluding hydrogens is 248 g/mol. The van der Waals surface area contributed by atoms with Gasteiger partial charge in [0.05, 0.1) is 6.04 Å². The van der Waals surface area contributed by atoms with E-state index in [1.807, 2.05) is 23.1 Å². The van der Waals surface area contributed by atoms with E-state index in [0.29, 0.717) is 0 Å². The molecular formula is C13H20N2S2. The fraction of sp³-hybridized carbons (Fsp3) is 0.538. The van der Waals surface area contributed by atoms with Crippen LogP contribution in [0.25, 0.3) is 0 Å². The topological polar surface area (TPSA) is 38.0 Å². The van der Waals surface area contributed by atoms with Gasteiger partial charge >= 0.3 is 0 Å². The SMILES string of the molecule is C=C(C)CCC(NN)c1cc2c(s1)CCSC2. The first-order valence-corrected chi connectivity index (χ1v) is 7.97. The summed E-state index contributed by atoms with van der Waals surface area (Å²) in [6, 6.07) is 2.63. The van der Waals surface area contributed by atoms with Crippen molar-refractivity contribution in [2.75, 3.05) is 5.75 Å². The van der Waals surface area contributed by atoms with E-state index in [1.165, 1.54) is 33.9 Å². The van der Waals surface area contributed by atoms with Crippen LogP contribution in [-0.4, -0.2) is 5.75 Å². The number of allylic oxidation sites excluding steroid dienone is 1. The number of hydrogen-bond acceptors (Lipinski definition) is 4. The largest absolute Gasteiger partial charge is 0.271 e. The highest BCUT2D eigenvalue weighted by Crippen LogP contribution is 2.35. The van der Waals surface area contributed by atoms with Gasteiger partial charge in [-0.3, -0.25) is 11.3 Å². The molecule has 0 spiro atoms. The van der Waals surface area contributed by atoms with Crippen molar-refractivity contribution in [3.8, 4) is 0 Å². The van der Waals surface area contributed by atoms with Crippen LogP contribution in [0.4, 0.5) is 0 Å². The summed E-state index contributed by atoms with van der Waals surface area (Å²) in [4.78, 5) is 2.95. The van der Waals surface area contributed by atoms with Gasteiger partial charge in [0.25, 0.3) is 0 Å². The Hall–Kier alpha value is -0.290. The second kappa shape index (κ2) is 6.05. The molecule has 1 atom stereocenters. The lowest BCUT2D eigenvalue weighted by Crippen LogP contribution is -2.27. The lowest BCUT2D eigenvalue weighted by Gasteiger charge is -2.13. The van der Waals surface area contributed by atoms with E-state index in [9.17, 15) is 0 Å². The molecule has 0 saturated carbocycles. The van der Waals surface area contributed by atoms with E-state index in [1.54, 1.807) is 4.88 Å². The minimum atomic E-state index is 0.285. The summed E-state index contributed by atoms with van der Waals surface area (Å²) in [5.41, 5.74) is 5.69. The number of hydrogen-bond donors (Lipinski definition) is 2. The number of thioether (sulfide) groups is 1. The second-order valence-electron chi connectivity index (χ2n) is 4.61. The number of fused-ring (bicyclic) bond motifs is 1. The summed E-state index contributed by atoms with van der Waals surface area (Å²) in [6.45, 7) is 6.02. The van der Waals surface area contributed by atoms with Gasteiger partial charge in [-0.25, -0.2) is 0 Å². The third-order valence-corrected chi connectivity index (χ3v) is 5.41. The standard InChI is InChI=1S/C13H20N2S2/c1-9(2)3-4-11(15-14)13-7-10-8-16-6-5-12(10)17-13/h7,11,15H,1,3-6,8,14H2,2H3. The molecule has 1 unspecified atom stereocenters. The van der Waals surface area contributed by atoms with Crippen molar-refractivity contribution in [3.63, 3.8) is 0 Å². The molecule has 0 bridgehead atoms. The lowest BCUT2D eigenvalue weighted by molar-refractivity contribution is 0.523. The molecule has 0 amide bonds. The number of rotatable bonds is 5. The van der Waals surface area contributed by atoms with Crippen LogP contribution in [0.2, 0.25) is 0 Å². The maximum absolute atomic E-state index is 5.67. The highest BCUT2D eigenvalue weighted by molar-refractivity contribution is 7.98. The van der Waals surface area contributed by atoms with E-state index in [4.69, 9.17) is 5.84 Å². The van der Waals surface area contributed by atoms with Crippen molar-refractivity contribution in [3.05, 3.63) is 33.5 Å². The van der Waals surface area contributed by atoms with E-state index < -0.39 is 0 Å². The second-order valence-corrected chi connectivity index (χ2v) is 6.89. The van der Waals surface area contributed by atoms with Crippen LogP contribution in [0.5, 0.6) is 0 Å². The average molecular weight is 268 g/mol. The monoisotopic (exact) mass is 268 g/mol. The molecule has 17 heavy (non-hydrogen) atoms. The van der Waals surface area contributed by atoms with Crippen LogP contribution in [0.1, 0.15) is 41.1 Å². The highest BCUT2D eigenvalue weighted by atomic mass is 32.2. The third kappa shape index (κ3) is 3.35. The maximum atomic E-state index is 5.67. The molecule has 2 heterocycles. The van der Waals surface area contributed by atoms with Gasteiger partial charge in [-0.2, -0.15) is 11.8 Å². The molecule has 1 aromatic rings. The summed E-state index contributed by atoms with van der Waals surface area (Å²) in [7, 11) is 0. The van der Waals surface area contributed by atoms with Crippen LogP contribution in [-0.2, 0) is 12.2 Å². The lowest BCUT2D eigenvalue weighted by atomic mass is 10.1. The quantitative estimate of drug-likeness (QED) is 0.488. The molecule has 1 aliphatic rings. The Balaban J connectivity index is 2.08. The Kier molecular flexibility index (Phi) is 4.68. The smallest absolute Gasteiger partial charge is 0.0556 e. The van der Waals surface area contributed by atoms with E-state index >= 15 is 0 Å². The zero-order valence-corrected chi connectivity index (χ0v) is 11.9. The fourth-order valence-corrected chi connectivity index (χ4v) is 4.51. The number of nitrogens with two attached hydrogens (primary N) is 1. The minimum Gasteiger partial charge on any atom is -0.271 e. The molecule has 0 radical (unpaired) electrons. The van der Waals surface area contributed by atoms with Crippen LogP contribution in [0.15, 0.2) is 18.2 Å². The van der Waals surface area contributed by atoms with E-state index in [2.05, 4.69) is 25.0 Å². The van der Waals surface area contributed by atoms with Crippen molar-refractivity contribution >= 4 is 23.1 Å². The summed E-state index contributed by atoms with van der Waals surface area (Å²) >= 11 is 3.96. The van der Waals surface area contributed by atoms with Gasteiger partial charge in [-0.1, -0.05) is 5.57 Å². The Morgan fingerprint density at radius 2 is 2.47 bits per heavy atom. The molecule has 94 valence electrons. The first-order valence-electron chi connectivity index (χ1n) is 6.00.